The molecule has 2 N–H and O–H groups in total. The molecular formula is C13H28N2O2S. The largest absolute Gasteiger partial charge is 0.329 e. The molecule has 1 saturated carbocycles. The molecule has 4 nitrogen and oxygen atoms in total. The van der Waals surface area contributed by atoms with E-state index in [1.54, 1.807) is 0 Å². The van der Waals surface area contributed by atoms with Gasteiger partial charge >= 0.3 is 0 Å². The molecule has 2 unspecified atom stereocenters. The third-order valence-corrected chi connectivity index (χ3v) is 5.87. The van der Waals surface area contributed by atoms with E-state index in [0.29, 0.717) is 6.54 Å². The van der Waals surface area contributed by atoms with Crippen molar-refractivity contribution in [1.82, 2.24) is 4.90 Å². The minimum absolute atomic E-state index is 0.284. The highest BCUT2D eigenvalue weighted by Crippen LogP contribution is 2.39. The first-order valence-corrected chi connectivity index (χ1v) is 9.01. The molecule has 1 aliphatic carbocycles. The lowest BCUT2D eigenvalue weighted by molar-refractivity contribution is 0.101. The maximum absolute atomic E-state index is 12.0. The summed E-state index contributed by atoms with van der Waals surface area (Å²) in [7, 11) is -3.03. The molecule has 0 spiro atoms. The van der Waals surface area contributed by atoms with Gasteiger partial charge in [0.1, 0.15) is 0 Å². The van der Waals surface area contributed by atoms with Gasteiger partial charge in [-0.05, 0) is 38.8 Å². The second-order valence-electron chi connectivity index (χ2n) is 5.51. The third-order valence-electron chi connectivity index (χ3n) is 4.16. The van der Waals surface area contributed by atoms with E-state index in [4.69, 9.17) is 5.73 Å². The quantitative estimate of drug-likeness (QED) is 0.763. The summed E-state index contributed by atoms with van der Waals surface area (Å²) in [6.07, 6.45) is 6.10. The smallest absolute Gasteiger partial charge is 0.152 e. The van der Waals surface area contributed by atoms with Gasteiger partial charge in [0.25, 0.3) is 0 Å². The van der Waals surface area contributed by atoms with Crippen molar-refractivity contribution in [3.8, 4) is 0 Å². The van der Waals surface area contributed by atoms with Crippen molar-refractivity contribution in [2.45, 2.75) is 56.7 Å². The van der Waals surface area contributed by atoms with Crippen molar-refractivity contribution in [3.63, 3.8) is 0 Å². The van der Waals surface area contributed by atoms with E-state index in [2.05, 4.69) is 18.7 Å². The van der Waals surface area contributed by atoms with Crippen LogP contribution in [-0.4, -0.2) is 50.0 Å². The Hall–Kier alpha value is -0.130. The molecule has 108 valence electrons. The van der Waals surface area contributed by atoms with Crippen molar-refractivity contribution in [3.05, 3.63) is 0 Å². The van der Waals surface area contributed by atoms with E-state index in [-0.39, 0.29) is 10.8 Å². The monoisotopic (exact) mass is 276 g/mol. The van der Waals surface area contributed by atoms with Crippen LogP contribution in [0.2, 0.25) is 0 Å². The lowest BCUT2D eigenvalue weighted by Gasteiger charge is -2.44. The van der Waals surface area contributed by atoms with Gasteiger partial charge in [0, 0.05) is 18.3 Å². The number of hydrogen-bond donors (Lipinski definition) is 1. The molecule has 1 fully saturated rings. The number of hydrogen-bond acceptors (Lipinski definition) is 4. The first kappa shape index (κ1) is 15.9. The van der Waals surface area contributed by atoms with Gasteiger partial charge in [0.2, 0.25) is 0 Å². The minimum Gasteiger partial charge on any atom is -0.329 e. The van der Waals surface area contributed by atoms with Crippen molar-refractivity contribution >= 4 is 9.84 Å². The summed E-state index contributed by atoms with van der Waals surface area (Å²) in [5.41, 5.74) is 5.69. The van der Waals surface area contributed by atoms with Gasteiger partial charge in [-0.1, -0.05) is 20.3 Å². The maximum Gasteiger partial charge on any atom is 0.152 e. The molecule has 1 rings (SSSR count). The zero-order valence-corrected chi connectivity index (χ0v) is 12.8. The molecule has 5 heteroatoms. The van der Waals surface area contributed by atoms with Gasteiger partial charge in [0.05, 0.1) is 5.25 Å². The second-order valence-corrected chi connectivity index (χ2v) is 7.73. The fraction of sp³-hybridized carbons (Fsp3) is 1.00. The van der Waals surface area contributed by atoms with Crippen LogP contribution in [0.3, 0.4) is 0 Å². The molecule has 0 heterocycles. The van der Waals surface area contributed by atoms with Crippen LogP contribution in [0.5, 0.6) is 0 Å². The first-order chi connectivity index (χ1) is 8.42. The van der Waals surface area contributed by atoms with Crippen LogP contribution < -0.4 is 5.73 Å². The van der Waals surface area contributed by atoms with Gasteiger partial charge in [0.15, 0.2) is 9.84 Å². The van der Waals surface area contributed by atoms with Crippen molar-refractivity contribution in [1.29, 1.82) is 0 Å². The summed E-state index contributed by atoms with van der Waals surface area (Å²) in [6.45, 7) is 6.60. The molecule has 0 aromatic rings. The fourth-order valence-corrected chi connectivity index (χ4v) is 5.21. The zero-order chi connectivity index (χ0) is 13.8. The molecule has 0 saturated heterocycles. The van der Waals surface area contributed by atoms with Crippen LogP contribution in [0.1, 0.15) is 46.0 Å². The highest BCUT2D eigenvalue weighted by Gasteiger charge is 2.50. The number of rotatable bonds is 7. The van der Waals surface area contributed by atoms with E-state index >= 15 is 0 Å². The average Bonchev–Trinajstić information content (AvgIpc) is 2.73. The Bertz CT molecular complexity index is 350. The highest BCUT2D eigenvalue weighted by atomic mass is 32.2. The summed E-state index contributed by atoms with van der Waals surface area (Å²) >= 11 is 0. The molecular weight excluding hydrogens is 248 g/mol. The van der Waals surface area contributed by atoms with Crippen molar-refractivity contribution < 1.29 is 8.42 Å². The number of sulfone groups is 1. The molecule has 0 aromatic heterocycles. The second kappa shape index (κ2) is 6.35. The van der Waals surface area contributed by atoms with Crippen LogP contribution in [0.15, 0.2) is 0 Å². The Balaban J connectivity index is 3.07. The van der Waals surface area contributed by atoms with E-state index < -0.39 is 9.84 Å². The summed E-state index contributed by atoms with van der Waals surface area (Å²) in [5.74, 6) is 0. The lowest BCUT2D eigenvalue weighted by atomic mass is 9.94. The van der Waals surface area contributed by atoms with E-state index in [9.17, 15) is 8.42 Å². The highest BCUT2D eigenvalue weighted by molar-refractivity contribution is 7.91. The van der Waals surface area contributed by atoms with Crippen LogP contribution in [-0.2, 0) is 9.84 Å². The molecule has 0 bridgehead atoms. The van der Waals surface area contributed by atoms with Gasteiger partial charge in [-0.2, -0.15) is 0 Å². The summed E-state index contributed by atoms with van der Waals surface area (Å²) in [6, 6.07) is 0. The van der Waals surface area contributed by atoms with Crippen LogP contribution in [0, 0.1) is 0 Å². The van der Waals surface area contributed by atoms with Gasteiger partial charge < -0.3 is 5.73 Å². The summed E-state index contributed by atoms with van der Waals surface area (Å²) < 4.78 is 24.1. The average molecular weight is 276 g/mol. The SMILES string of the molecule is CCCN(CCC)C1(CN)CCCC1S(C)(=O)=O. The number of nitrogens with two attached hydrogens (primary N) is 1. The van der Waals surface area contributed by atoms with Crippen LogP contribution >= 0.6 is 0 Å². The topological polar surface area (TPSA) is 63.4 Å². The molecule has 0 amide bonds. The van der Waals surface area contributed by atoms with Crippen LogP contribution in [0.25, 0.3) is 0 Å². The predicted molar refractivity (Wildman–Crippen MR) is 76.4 cm³/mol. The fourth-order valence-electron chi connectivity index (χ4n) is 3.46. The Morgan fingerprint density at radius 1 is 1.28 bits per heavy atom. The third kappa shape index (κ3) is 3.06. The summed E-state index contributed by atoms with van der Waals surface area (Å²) in [5, 5.41) is -0.284. The normalized spacial score (nSPS) is 29.1. The molecule has 2 atom stereocenters. The predicted octanol–water partition coefficient (Wildman–Crippen LogP) is 1.40. The van der Waals surface area contributed by atoms with E-state index in [1.807, 2.05) is 0 Å². The minimum atomic E-state index is -3.03. The Labute approximate surface area is 112 Å². The molecule has 0 aromatic carbocycles. The maximum atomic E-state index is 12.0. The Morgan fingerprint density at radius 3 is 2.22 bits per heavy atom. The zero-order valence-electron chi connectivity index (χ0n) is 12.0. The molecule has 18 heavy (non-hydrogen) atoms. The Morgan fingerprint density at radius 2 is 1.83 bits per heavy atom. The summed E-state index contributed by atoms with van der Waals surface area (Å²) in [4.78, 5) is 2.34. The van der Waals surface area contributed by atoms with Crippen molar-refractivity contribution in [2.75, 3.05) is 25.9 Å². The van der Waals surface area contributed by atoms with Gasteiger partial charge in [-0.25, -0.2) is 8.42 Å². The molecule has 1 aliphatic rings. The van der Waals surface area contributed by atoms with Gasteiger partial charge in [-0.3, -0.25) is 4.90 Å². The lowest BCUT2D eigenvalue weighted by Crippen LogP contribution is -2.60. The first-order valence-electron chi connectivity index (χ1n) is 7.06. The van der Waals surface area contributed by atoms with Crippen LogP contribution in [0.4, 0.5) is 0 Å². The Kier molecular flexibility index (Phi) is 5.62. The number of nitrogens with zero attached hydrogens (tertiary/aromatic N) is 1. The molecule has 0 aliphatic heterocycles. The van der Waals surface area contributed by atoms with E-state index in [1.165, 1.54) is 6.26 Å². The van der Waals surface area contributed by atoms with Crippen molar-refractivity contribution in [2.24, 2.45) is 5.73 Å². The molecule has 0 radical (unpaired) electrons. The van der Waals surface area contributed by atoms with E-state index in [0.717, 1.165) is 45.2 Å². The van der Waals surface area contributed by atoms with Gasteiger partial charge in [-0.15, -0.1) is 0 Å². The standard InChI is InChI=1S/C13H28N2O2S/c1-4-9-15(10-5-2)13(11-14)8-6-7-12(13)18(3,16)17/h12H,4-11,14H2,1-3H3.